The lowest BCUT2D eigenvalue weighted by atomic mass is 10.2. The van der Waals surface area contributed by atoms with E-state index in [9.17, 15) is 4.79 Å². The third kappa shape index (κ3) is 5.27. The summed E-state index contributed by atoms with van der Waals surface area (Å²) in [5.41, 5.74) is 2.36. The fourth-order valence-electron chi connectivity index (χ4n) is 2.39. The summed E-state index contributed by atoms with van der Waals surface area (Å²) < 4.78 is 10.0. The number of anilines is 2. The first-order valence-electron chi connectivity index (χ1n) is 7.62. The van der Waals surface area contributed by atoms with E-state index in [4.69, 9.17) is 9.47 Å². The lowest BCUT2D eigenvalue weighted by molar-refractivity contribution is -0.148. The molecule has 21 heavy (non-hydrogen) atoms. The van der Waals surface area contributed by atoms with Crippen molar-refractivity contribution >= 4 is 17.3 Å². The normalized spacial score (nSPS) is 14.2. The molecule has 1 saturated heterocycles. The van der Waals surface area contributed by atoms with Crippen LogP contribution in [0.5, 0.6) is 0 Å². The monoisotopic (exact) mass is 292 g/mol. The van der Waals surface area contributed by atoms with E-state index in [0.29, 0.717) is 19.8 Å². The van der Waals surface area contributed by atoms with Crippen LogP contribution in [0.2, 0.25) is 0 Å². The Morgan fingerprint density at radius 2 is 1.95 bits per heavy atom. The van der Waals surface area contributed by atoms with E-state index >= 15 is 0 Å². The van der Waals surface area contributed by atoms with Crippen molar-refractivity contribution in [3.05, 3.63) is 24.3 Å². The van der Waals surface area contributed by atoms with Gasteiger partial charge in [0.2, 0.25) is 0 Å². The maximum atomic E-state index is 11.1. The molecule has 0 saturated carbocycles. The molecule has 1 heterocycles. The molecule has 0 unspecified atom stereocenters. The van der Waals surface area contributed by atoms with Crippen molar-refractivity contribution in [2.75, 3.05) is 49.7 Å². The van der Waals surface area contributed by atoms with Gasteiger partial charge in [-0.15, -0.1) is 0 Å². The third-order valence-corrected chi connectivity index (χ3v) is 3.44. The van der Waals surface area contributed by atoms with Crippen molar-refractivity contribution in [1.82, 2.24) is 0 Å². The number of nitrogens with zero attached hydrogens (tertiary/aromatic N) is 1. The zero-order chi connectivity index (χ0) is 14.9. The van der Waals surface area contributed by atoms with Crippen molar-refractivity contribution < 1.29 is 14.3 Å². The lowest BCUT2D eigenvalue weighted by Gasteiger charge is -2.18. The van der Waals surface area contributed by atoms with Crippen molar-refractivity contribution in [3.63, 3.8) is 0 Å². The highest BCUT2D eigenvalue weighted by molar-refractivity contribution is 5.70. The van der Waals surface area contributed by atoms with Crippen LogP contribution >= 0.6 is 0 Å². The average Bonchev–Trinajstić information content (AvgIpc) is 3.02. The number of benzene rings is 1. The standard InChI is InChI=1S/C16H24N2O3/c1-2-21-16(19)13-20-12-9-17-14-5-7-15(8-6-14)18-10-3-4-11-18/h5-8,17H,2-4,9-13H2,1H3. The van der Waals surface area contributed by atoms with Gasteiger partial charge in [-0.25, -0.2) is 4.79 Å². The summed E-state index contributed by atoms with van der Waals surface area (Å²) >= 11 is 0. The Kier molecular flexibility index (Phi) is 6.34. The Bertz CT molecular complexity index is 428. The second kappa shape index (κ2) is 8.52. The van der Waals surface area contributed by atoms with Crippen LogP contribution in [-0.2, 0) is 14.3 Å². The van der Waals surface area contributed by atoms with Gasteiger partial charge < -0.3 is 19.7 Å². The Morgan fingerprint density at radius 3 is 2.62 bits per heavy atom. The van der Waals surface area contributed by atoms with E-state index in [2.05, 4.69) is 34.5 Å². The second-order valence-electron chi connectivity index (χ2n) is 5.03. The maximum absolute atomic E-state index is 11.1. The molecule has 1 fully saturated rings. The van der Waals surface area contributed by atoms with E-state index in [1.807, 2.05) is 0 Å². The second-order valence-corrected chi connectivity index (χ2v) is 5.03. The van der Waals surface area contributed by atoms with Gasteiger partial charge in [0.05, 0.1) is 13.2 Å². The molecule has 1 aromatic rings. The zero-order valence-electron chi connectivity index (χ0n) is 12.6. The third-order valence-electron chi connectivity index (χ3n) is 3.44. The summed E-state index contributed by atoms with van der Waals surface area (Å²) in [6, 6.07) is 8.46. The molecule has 1 aliphatic rings. The number of nitrogens with one attached hydrogen (secondary N) is 1. The summed E-state index contributed by atoms with van der Waals surface area (Å²) in [5.74, 6) is -0.313. The first-order valence-corrected chi connectivity index (χ1v) is 7.62. The van der Waals surface area contributed by atoms with Crippen LogP contribution in [0.3, 0.4) is 0 Å². The van der Waals surface area contributed by atoms with Gasteiger partial charge in [0.25, 0.3) is 0 Å². The summed E-state index contributed by atoms with van der Waals surface area (Å²) in [5, 5.41) is 3.27. The lowest BCUT2D eigenvalue weighted by Crippen LogP contribution is -2.18. The maximum Gasteiger partial charge on any atom is 0.332 e. The molecular weight excluding hydrogens is 268 g/mol. The fraction of sp³-hybridized carbons (Fsp3) is 0.562. The predicted octanol–water partition coefficient (Wildman–Crippen LogP) is 2.28. The van der Waals surface area contributed by atoms with Gasteiger partial charge in [0.15, 0.2) is 0 Å². The quantitative estimate of drug-likeness (QED) is 0.588. The molecule has 0 bridgehead atoms. The number of esters is 1. The molecule has 0 spiro atoms. The Morgan fingerprint density at radius 1 is 1.24 bits per heavy atom. The van der Waals surface area contributed by atoms with Crippen LogP contribution in [0.25, 0.3) is 0 Å². The van der Waals surface area contributed by atoms with Crippen LogP contribution in [0.15, 0.2) is 24.3 Å². The van der Waals surface area contributed by atoms with E-state index in [0.717, 1.165) is 18.8 Å². The molecule has 5 nitrogen and oxygen atoms in total. The van der Waals surface area contributed by atoms with Crippen LogP contribution < -0.4 is 10.2 Å². The Balaban J connectivity index is 1.63. The first kappa shape index (κ1) is 15.6. The summed E-state index contributed by atoms with van der Waals surface area (Å²) in [7, 11) is 0. The minimum absolute atomic E-state index is 0.0173. The molecular formula is C16H24N2O3. The molecule has 0 aromatic heterocycles. The number of hydrogen-bond donors (Lipinski definition) is 1. The van der Waals surface area contributed by atoms with Gasteiger partial charge in [-0.05, 0) is 44.0 Å². The molecule has 0 amide bonds. The molecule has 1 aliphatic heterocycles. The predicted molar refractivity (Wildman–Crippen MR) is 83.8 cm³/mol. The zero-order valence-corrected chi connectivity index (χ0v) is 12.6. The number of carbonyl (C=O) groups is 1. The molecule has 116 valence electrons. The number of rotatable bonds is 8. The molecule has 5 heteroatoms. The van der Waals surface area contributed by atoms with E-state index in [1.165, 1.54) is 18.5 Å². The molecule has 2 rings (SSSR count). The smallest absolute Gasteiger partial charge is 0.332 e. The van der Waals surface area contributed by atoms with Crippen LogP contribution in [0, 0.1) is 0 Å². The number of ether oxygens (including phenoxy) is 2. The van der Waals surface area contributed by atoms with Gasteiger partial charge in [0, 0.05) is 31.0 Å². The topological polar surface area (TPSA) is 50.8 Å². The van der Waals surface area contributed by atoms with Gasteiger partial charge >= 0.3 is 5.97 Å². The summed E-state index contributed by atoms with van der Waals surface area (Å²) in [6.45, 7) is 5.66. The highest BCUT2D eigenvalue weighted by Crippen LogP contribution is 2.21. The minimum Gasteiger partial charge on any atom is -0.464 e. The number of carbonyl (C=O) groups excluding carboxylic acids is 1. The summed E-state index contributed by atoms with van der Waals surface area (Å²) in [4.78, 5) is 13.5. The van der Waals surface area contributed by atoms with E-state index in [-0.39, 0.29) is 12.6 Å². The average molecular weight is 292 g/mol. The van der Waals surface area contributed by atoms with Crippen LogP contribution in [-0.4, -0.2) is 45.4 Å². The Labute approximate surface area is 126 Å². The van der Waals surface area contributed by atoms with Crippen LogP contribution in [0.1, 0.15) is 19.8 Å². The highest BCUT2D eigenvalue weighted by atomic mass is 16.6. The van der Waals surface area contributed by atoms with Crippen molar-refractivity contribution in [3.8, 4) is 0 Å². The van der Waals surface area contributed by atoms with E-state index < -0.39 is 0 Å². The van der Waals surface area contributed by atoms with Crippen molar-refractivity contribution in [1.29, 1.82) is 0 Å². The van der Waals surface area contributed by atoms with Crippen molar-refractivity contribution in [2.24, 2.45) is 0 Å². The van der Waals surface area contributed by atoms with Crippen molar-refractivity contribution in [2.45, 2.75) is 19.8 Å². The molecule has 0 aliphatic carbocycles. The van der Waals surface area contributed by atoms with E-state index in [1.54, 1.807) is 6.92 Å². The van der Waals surface area contributed by atoms with Gasteiger partial charge in [-0.1, -0.05) is 0 Å². The highest BCUT2D eigenvalue weighted by Gasteiger charge is 2.11. The molecule has 0 radical (unpaired) electrons. The Hall–Kier alpha value is -1.75. The molecule has 1 N–H and O–H groups in total. The minimum atomic E-state index is -0.313. The van der Waals surface area contributed by atoms with Gasteiger partial charge in [-0.3, -0.25) is 0 Å². The SMILES string of the molecule is CCOC(=O)COCCNc1ccc(N2CCCC2)cc1. The van der Waals surface area contributed by atoms with Gasteiger partial charge in [-0.2, -0.15) is 0 Å². The number of hydrogen-bond acceptors (Lipinski definition) is 5. The largest absolute Gasteiger partial charge is 0.464 e. The molecule has 1 aromatic carbocycles. The summed E-state index contributed by atoms with van der Waals surface area (Å²) in [6.07, 6.45) is 2.58. The van der Waals surface area contributed by atoms with Crippen LogP contribution in [0.4, 0.5) is 11.4 Å². The van der Waals surface area contributed by atoms with Gasteiger partial charge in [0.1, 0.15) is 6.61 Å². The fourth-order valence-corrected chi connectivity index (χ4v) is 2.39. The molecule has 0 atom stereocenters. The first-order chi connectivity index (χ1) is 10.3.